The van der Waals surface area contributed by atoms with Gasteiger partial charge in [0, 0.05) is 24.3 Å². The Hall–Kier alpha value is -4.43. The predicted octanol–water partition coefficient (Wildman–Crippen LogP) is 3.76. The largest absolute Gasteiger partial charge is 0.573 e. The molecule has 0 unspecified atom stereocenters. The second-order valence-electron chi connectivity index (χ2n) is 10.1. The van der Waals surface area contributed by atoms with Gasteiger partial charge in [-0.05, 0) is 51.3 Å². The summed E-state index contributed by atoms with van der Waals surface area (Å²) in [5.41, 5.74) is -0.0125. The molecule has 1 aromatic carbocycles. The van der Waals surface area contributed by atoms with Crippen molar-refractivity contribution in [3.05, 3.63) is 54.7 Å². The highest BCUT2D eigenvalue weighted by molar-refractivity contribution is 5.90. The number of amides is 2. The van der Waals surface area contributed by atoms with E-state index < -0.39 is 41.6 Å². The summed E-state index contributed by atoms with van der Waals surface area (Å²) in [6.07, 6.45) is -0.0198. The van der Waals surface area contributed by atoms with Gasteiger partial charge < -0.3 is 24.1 Å². The van der Waals surface area contributed by atoms with E-state index in [0.717, 1.165) is 12.1 Å². The molecule has 0 bridgehead atoms. The minimum atomic E-state index is -4.89. The molecule has 2 atom stereocenters. The lowest BCUT2D eigenvalue weighted by molar-refractivity contribution is -0.274. The monoisotopic (exact) mass is 563 g/mol. The highest BCUT2D eigenvalue weighted by Crippen LogP contribution is 2.31. The third-order valence-electron chi connectivity index (χ3n) is 5.78. The van der Waals surface area contributed by atoms with Crippen LogP contribution in [0.4, 0.5) is 18.0 Å². The SMILES string of the molecule is C=CCc1ccc(OC(F)(F)F)cc1-c1nnc(C(=O)N[C@@H]2C[C@@H](Cn3ccnn3)N(C(=O)OC(C)(C)C)C2)o1. The van der Waals surface area contributed by atoms with Crippen molar-refractivity contribution in [1.29, 1.82) is 0 Å². The number of hydrogen-bond donors (Lipinski definition) is 1. The summed E-state index contributed by atoms with van der Waals surface area (Å²) >= 11 is 0. The molecule has 4 rings (SSSR count). The Kier molecular flexibility index (Phi) is 8.11. The van der Waals surface area contributed by atoms with Crippen molar-refractivity contribution in [2.45, 2.75) is 64.2 Å². The number of carbonyl (C=O) groups is 2. The number of likely N-dealkylation sites (tertiary alicyclic amines) is 1. The van der Waals surface area contributed by atoms with Crippen LogP contribution in [-0.2, 0) is 17.7 Å². The Morgan fingerprint density at radius 1 is 1.25 bits per heavy atom. The van der Waals surface area contributed by atoms with Crippen LogP contribution < -0.4 is 10.1 Å². The first kappa shape index (κ1) is 28.6. The molecular weight excluding hydrogens is 535 g/mol. The number of aromatic nitrogens is 5. The smallest absolute Gasteiger partial charge is 0.444 e. The number of nitrogens with one attached hydrogen (secondary N) is 1. The topological polar surface area (TPSA) is 138 Å². The number of nitrogens with zero attached hydrogens (tertiary/aromatic N) is 6. The first-order valence-corrected chi connectivity index (χ1v) is 12.3. The van der Waals surface area contributed by atoms with Gasteiger partial charge in [0.2, 0.25) is 5.89 Å². The zero-order valence-corrected chi connectivity index (χ0v) is 22.0. The number of allylic oxidation sites excluding steroid dienone is 1. The maximum absolute atomic E-state index is 13.0. The maximum Gasteiger partial charge on any atom is 0.573 e. The van der Waals surface area contributed by atoms with Crippen LogP contribution in [0.1, 0.15) is 43.4 Å². The second-order valence-corrected chi connectivity index (χ2v) is 10.1. The lowest BCUT2D eigenvalue weighted by atomic mass is 10.0. The Bertz CT molecular complexity index is 1350. The zero-order chi connectivity index (χ0) is 29.1. The van der Waals surface area contributed by atoms with Gasteiger partial charge in [-0.3, -0.25) is 9.48 Å². The van der Waals surface area contributed by atoms with E-state index in [4.69, 9.17) is 9.15 Å². The quantitative estimate of drug-likeness (QED) is 0.406. The van der Waals surface area contributed by atoms with Gasteiger partial charge in [-0.2, -0.15) is 0 Å². The van der Waals surface area contributed by atoms with Gasteiger partial charge in [0.15, 0.2) is 0 Å². The van der Waals surface area contributed by atoms with Crippen LogP contribution >= 0.6 is 0 Å². The van der Waals surface area contributed by atoms with Gasteiger partial charge in [-0.25, -0.2) is 4.79 Å². The predicted molar refractivity (Wildman–Crippen MR) is 133 cm³/mol. The van der Waals surface area contributed by atoms with Gasteiger partial charge in [-0.15, -0.1) is 35.0 Å². The number of carbonyl (C=O) groups excluding carboxylic acids is 2. The average molecular weight is 564 g/mol. The van der Waals surface area contributed by atoms with E-state index in [1.807, 2.05) is 0 Å². The van der Waals surface area contributed by atoms with E-state index >= 15 is 0 Å². The van der Waals surface area contributed by atoms with Gasteiger partial charge >= 0.3 is 24.3 Å². The molecule has 214 valence electrons. The van der Waals surface area contributed by atoms with Crippen molar-refractivity contribution in [2.75, 3.05) is 6.54 Å². The molecule has 0 aliphatic carbocycles. The molecule has 15 heteroatoms. The molecule has 1 aliphatic rings. The lowest BCUT2D eigenvalue weighted by Gasteiger charge is -2.28. The van der Waals surface area contributed by atoms with E-state index in [9.17, 15) is 22.8 Å². The molecule has 3 aromatic rings. The summed E-state index contributed by atoms with van der Waals surface area (Å²) in [6.45, 7) is 9.39. The molecule has 0 saturated carbocycles. The van der Waals surface area contributed by atoms with Gasteiger partial charge in [0.1, 0.15) is 11.4 Å². The fraction of sp³-hybridized carbons (Fsp3) is 0.440. The normalized spacial score (nSPS) is 17.5. The second kappa shape index (κ2) is 11.4. The molecule has 40 heavy (non-hydrogen) atoms. The molecule has 1 aliphatic heterocycles. The summed E-state index contributed by atoms with van der Waals surface area (Å²) in [5, 5.41) is 18.1. The van der Waals surface area contributed by atoms with Crippen molar-refractivity contribution >= 4 is 12.0 Å². The molecule has 2 aromatic heterocycles. The lowest BCUT2D eigenvalue weighted by Crippen LogP contribution is -2.43. The highest BCUT2D eigenvalue weighted by Gasteiger charge is 2.39. The molecule has 12 nitrogen and oxygen atoms in total. The summed E-state index contributed by atoms with van der Waals surface area (Å²) in [7, 11) is 0. The minimum absolute atomic E-state index is 0.154. The van der Waals surface area contributed by atoms with Gasteiger partial charge in [-0.1, -0.05) is 17.4 Å². The van der Waals surface area contributed by atoms with Crippen LogP contribution in [0, 0.1) is 0 Å². The fourth-order valence-corrected chi connectivity index (χ4v) is 4.24. The number of benzene rings is 1. The Balaban J connectivity index is 1.50. The fourth-order valence-electron chi connectivity index (χ4n) is 4.24. The summed E-state index contributed by atoms with van der Waals surface area (Å²) in [5.74, 6) is -1.75. The zero-order valence-electron chi connectivity index (χ0n) is 22.0. The number of hydrogen-bond acceptors (Lipinski definition) is 9. The maximum atomic E-state index is 13.0. The average Bonchev–Trinajstić information content (AvgIpc) is 3.60. The molecule has 1 saturated heterocycles. The Morgan fingerprint density at radius 3 is 2.67 bits per heavy atom. The molecule has 0 radical (unpaired) electrons. The standard InChI is InChI=1S/C25H28F3N7O5/c1-5-6-15-7-8-18(39-25(26,27)28)12-19(15)21-31-32-22(38-21)20(36)30-16-11-17(14-34-10-9-29-33-34)35(13-16)23(37)40-24(2,3)4/h5,7-10,12,16-17H,1,6,11,13-14H2,2-4H3,(H,30,36)/t16-,17+/m1/s1. The molecule has 3 heterocycles. The number of halogens is 3. The van der Waals surface area contributed by atoms with E-state index in [-0.39, 0.29) is 24.0 Å². The van der Waals surface area contributed by atoms with E-state index in [1.54, 1.807) is 37.7 Å². The van der Waals surface area contributed by atoms with Crippen LogP contribution in [0.25, 0.3) is 11.5 Å². The van der Waals surface area contributed by atoms with Gasteiger partial charge in [0.25, 0.3) is 0 Å². The third-order valence-corrected chi connectivity index (χ3v) is 5.78. The third kappa shape index (κ3) is 7.36. The van der Waals surface area contributed by atoms with Crippen LogP contribution in [-0.4, -0.2) is 72.7 Å². The first-order valence-electron chi connectivity index (χ1n) is 12.3. The Labute approximate surface area is 227 Å². The van der Waals surface area contributed by atoms with Crippen molar-refractivity contribution < 1.29 is 36.7 Å². The first-order chi connectivity index (χ1) is 18.8. The van der Waals surface area contributed by atoms with Crippen molar-refractivity contribution in [3.8, 4) is 17.2 Å². The number of ether oxygens (including phenoxy) is 2. The van der Waals surface area contributed by atoms with Crippen LogP contribution in [0.15, 0.2) is 47.7 Å². The van der Waals surface area contributed by atoms with Crippen LogP contribution in [0.5, 0.6) is 5.75 Å². The summed E-state index contributed by atoms with van der Waals surface area (Å²) < 4.78 is 54.9. The summed E-state index contributed by atoms with van der Waals surface area (Å²) in [6, 6.07) is 2.85. The van der Waals surface area contributed by atoms with Crippen LogP contribution in [0.3, 0.4) is 0 Å². The van der Waals surface area contributed by atoms with Crippen molar-refractivity contribution in [1.82, 2.24) is 35.4 Å². The molecule has 1 N–H and O–H groups in total. The van der Waals surface area contributed by atoms with E-state index in [0.29, 0.717) is 24.9 Å². The molecule has 0 spiro atoms. The molecule has 2 amide bonds. The number of alkyl halides is 3. The molecular formula is C25H28F3N7O5. The molecule has 1 fully saturated rings. The van der Waals surface area contributed by atoms with E-state index in [2.05, 4.69) is 37.1 Å². The minimum Gasteiger partial charge on any atom is -0.444 e. The highest BCUT2D eigenvalue weighted by atomic mass is 19.4. The van der Waals surface area contributed by atoms with Gasteiger partial charge in [0.05, 0.1) is 18.8 Å². The van der Waals surface area contributed by atoms with E-state index in [1.165, 1.54) is 17.2 Å². The summed E-state index contributed by atoms with van der Waals surface area (Å²) in [4.78, 5) is 27.4. The van der Waals surface area contributed by atoms with Crippen LogP contribution in [0.2, 0.25) is 0 Å². The van der Waals surface area contributed by atoms with Crippen molar-refractivity contribution in [3.63, 3.8) is 0 Å². The number of rotatable bonds is 8. The Morgan fingerprint density at radius 2 is 2.02 bits per heavy atom. The van der Waals surface area contributed by atoms with Crippen molar-refractivity contribution in [2.24, 2.45) is 0 Å².